The number of hydrogen-bond acceptors (Lipinski definition) is 4. The van der Waals surface area contributed by atoms with Crippen molar-refractivity contribution in [2.45, 2.75) is 50.8 Å². The molecule has 0 aromatic carbocycles. The highest BCUT2D eigenvalue weighted by atomic mass is 16.4. The highest BCUT2D eigenvalue weighted by molar-refractivity contribution is 5.87. The van der Waals surface area contributed by atoms with Gasteiger partial charge in [0.1, 0.15) is 0 Å². The molecule has 2 rings (SSSR count). The molecule has 0 amide bonds. The molecule has 0 aliphatic heterocycles. The highest BCUT2D eigenvalue weighted by Gasteiger charge is 2.20. The molecule has 5 nitrogen and oxygen atoms in total. The number of aromatic carboxylic acids is 1. The first-order valence-corrected chi connectivity index (χ1v) is 6.76. The summed E-state index contributed by atoms with van der Waals surface area (Å²) < 4.78 is 0. The Kier molecular flexibility index (Phi) is 4.87. The van der Waals surface area contributed by atoms with E-state index >= 15 is 0 Å². The Morgan fingerprint density at radius 3 is 2.79 bits per heavy atom. The van der Waals surface area contributed by atoms with Crippen LogP contribution >= 0.6 is 0 Å². The molecule has 5 heteroatoms. The molecular weight excluding hydrogens is 244 g/mol. The molecule has 1 heterocycles. The van der Waals surface area contributed by atoms with Crippen molar-refractivity contribution in [3.05, 3.63) is 29.6 Å². The minimum absolute atomic E-state index is 0.114. The van der Waals surface area contributed by atoms with Gasteiger partial charge in [0, 0.05) is 18.8 Å². The van der Waals surface area contributed by atoms with Gasteiger partial charge in [0.15, 0.2) is 0 Å². The largest absolute Gasteiger partial charge is 0.478 e. The molecule has 1 fully saturated rings. The molecule has 0 spiro atoms. The summed E-state index contributed by atoms with van der Waals surface area (Å²) in [6.07, 6.45) is 6.31. The van der Waals surface area contributed by atoms with E-state index in [-0.39, 0.29) is 17.7 Å². The van der Waals surface area contributed by atoms with E-state index in [0.29, 0.717) is 6.54 Å². The monoisotopic (exact) mass is 264 g/mol. The number of carboxylic acids is 1. The number of nitrogens with zero attached hydrogens (tertiary/aromatic N) is 1. The average Bonchev–Trinajstić information content (AvgIpc) is 2.61. The predicted molar refractivity (Wildman–Crippen MR) is 70.9 cm³/mol. The second-order valence-electron chi connectivity index (χ2n) is 5.04. The van der Waals surface area contributed by atoms with E-state index in [1.54, 1.807) is 12.1 Å². The van der Waals surface area contributed by atoms with Crippen LogP contribution in [0, 0.1) is 0 Å². The van der Waals surface area contributed by atoms with Crippen molar-refractivity contribution < 1.29 is 15.0 Å². The third-order valence-electron chi connectivity index (χ3n) is 3.60. The summed E-state index contributed by atoms with van der Waals surface area (Å²) in [5.74, 6) is -0.966. The van der Waals surface area contributed by atoms with Crippen molar-refractivity contribution >= 4 is 5.97 Å². The molecule has 1 aromatic rings. The summed E-state index contributed by atoms with van der Waals surface area (Å²) in [6.45, 7) is 0.557. The number of aromatic nitrogens is 1. The number of nitrogens with one attached hydrogen (secondary N) is 1. The van der Waals surface area contributed by atoms with Gasteiger partial charge in [0.2, 0.25) is 0 Å². The quantitative estimate of drug-likeness (QED) is 0.719. The van der Waals surface area contributed by atoms with Crippen LogP contribution in [-0.2, 0) is 6.54 Å². The fourth-order valence-electron chi connectivity index (χ4n) is 2.42. The van der Waals surface area contributed by atoms with E-state index in [9.17, 15) is 9.90 Å². The summed E-state index contributed by atoms with van der Waals surface area (Å²) in [5.41, 5.74) is 0.986. The molecule has 104 valence electrons. The van der Waals surface area contributed by atoms with Crippen molar-refractivity contribution in [1.82, 2.24) is 10.3 Å². The number of hydrogen-bond donors (Lipinski definition) is 3. The minimum atomic E-state index is -0.966. The maximum Gasteiger partial charge on any atom is 0.337 e. The topological polar surface area (TPSA) is 82.5 Å². The second kappa shape index (κ2) is 6.63. The van der Waals surface area contributed by atoms with Gasteiger partial charge in [-0.3, -0.25) is 4.98 Å². The minimum Gasteiger partial charge on any atom is -0.478 e. The van der Waals surface area contributed by atoms with E-state index in [0.717, 1.165) is 31.4 Å². The lowest BCUT2D eigenvalue weighted by atomic mass is 10.1. The van der Waals surface area contributed by atoms with Crippen LogP contribution in [0.4, 0.5) is 0 Å². The Bertz CT molecular complexity index is 419. The average molecular weight is 264 g/mol. The Morgan fingerprint density at radius 2 is 2.11 bits per heavy atom. The third kappa shape index (κ3) is 4.01. The van der Waals surface area contributed by atoms with E-state index in [1.165, 1.54) is 12.6 Å². The molecule has 0 saturated heterocycles. The van der Waals surface area contributed by atoms with Crippen LogP contribution in [0.15, 0.2) is 18.3 Å². The third-order valence-corrected chi connectivity index (χ3v) is 3.60. The molecule has 2 atom stereocenters. The van der Waals surface area contributed by atoms with Crippen LogP contribution in [0.3, 0.4) is 0 Å². The van der Waals surface area contributed by atoms with Gasteiger partial charge in [-0.1, -0.05) is 19.3 Å². The SMILES string of the molecule is O=C(O)c1ccc(CNC2CCCCCC2O)nc1. The van der Waals surface area contributed by atoms with Gasteiger partial charge in [-0.15, -0.1) is 0 Å². The van der Waals surface area contributed by atoms with E-state index in [2.05, 4.69) is 10.3 Å². The van der Waals surface area contributed by atoms with Gasteiger partial charge in [-0.2, -0.15) is 0 Å². The number of pyridine rings is 1. The van der Waals surface area contributed by atoms with Gasteiger partial charge >= 0.3 is 5.97 Å². The molecule has 1 aliphatic carbocycles. The van der Waals surface area contributed by atoms with Gasteiger partial charge in [-0.25, -0.2) is 4.79 Å². The van der Waals surface area contributed by atoms with Crippen molar-refractivity contribution in [2.24, 2.45) is 0 Å². The Hall–Kier alpha value is -1.46. The van der Waals surface area contributed by atoms with E-state index < -0.39 is 5.97 Å². The molecular formula is C14H20N2O3. The zero-order valence-electron chi connectivity index (χ0n) is 10.9. The predicted octanol–water partition coefficient (Wildman–Crippen LogP) is 1.56. The maximum atomic E-state index is 10.7. The molecule has 1 saturated carbocycles. The molecule has 1 aliphatic rings. The normalized spacial score (nSPS) is 23.8. The zero-order chi connectivity index (χ0) is 13.7. The van der Waals surface area contributed by atoms with Crippen molar-refractivity contribution in [2.75, 3.05) is 0 Å². The van der Waals surface area contributed by atoms with Crippen LogP contribution < -0.4 is 5.32 Å². The number of carbonyl (C=O) groups is 1. The van der Waals surface area contributed by atoms with Crippen LogP contribution in [0.2, 0.25) is 0 Å². The Balaban J connectivity index is 1.88. The van der Waals surface area contributed by atoms with Crippen molar-refractivity contribution in [3.63, 3.8) is 0 Å². The van der Waals surface area contributed by atoms with Gasteiger partial charge < -0.3 is 15.5 Å². The smallest absolute Gasteiger partial charge is 0.337 e. The lowest BCUT2D eigenvalue weighted by Crippen LogP contribution is -2.38. The Morgan fingerprint density at radius 1 is 1.32 bits per heavy atom. The van der Waals surface area contributed by atoms with Gasteiger partial charge in [-0.05, 0) is 25.0 Å². The second-order valence-corrected chi connectivity index (χ2v) is 5.04. The summed E-state index contributed by atoms with van der Waals surface area (Å²) in [5, 5.41) is 22.1. The summed E-state index contributed by atoms with van der Waals surface area (Å²) in [6, 6.07) is 3.37. The number of aliphatic hydroxyl groups excluding tert-OH is 1. The summed E-state index contributed by atoms with van der Waals surface area (Å²) in [7, 11) is 0. The van der Waals surface area contributed by atoms with Crippen LogP contribution in [-0.4, -0.2) is 33.3 Å². The highest BCUT2D eigenvalue weighted by Crippen LogP contribution is 2.18. The number of aliphatic hydroxyl groups is 1. The standard InChI is InChI=1S/C14H20N2O3/c17-13-5-3-1-2-4-12(13)16-9-11-7-6-10(8-15-11)14(18)19/h6-8,12-13,16-17H,1-5,9H2,(H,18,19). The van der Waals surface area contributed by atoms with Crippen LogP contribution in [0.25, 0.3) is 0 Å². The summed E-state index contributed by atoms with van der Waals surface area (Å²) in [4.78, 5) is 14.8. The van der Waals surface area contributed by atoms with Gasteiger partial charge in [0.25, 0.3) is 0 Å². The molecule has 1 aromatic heterocycles. The molecule has 19 heavy (non-hydrogen) atoms. The number of rotatable bonds is 4. The lowest BCUT2D eigenvalue weighted by Gasteiger charge is -2.21. The molecule has 0 bridgehead atoms. The van der Waals surface area contributed by atoms with Crippen molar-refractivity contribution in [3.8, 4) is 0 Å². The number of carboxylic acid groups (broad SMARTS) is 1. The van der Waals surface area contributed by atoms with Crippen LogP contribution in [0.5, 0.6) is 0 Å². The van der Waals surface area contributed by atoms with E-state index in [1.807, 2.05) is 0 Å². The first-order chi connectivity index (χ1) is 9.16. The fraction of sp³-hybridized carbons (Fsp3) is 0.571. The zero-order valence-corrected chi connectivity index (χ0v) is 10.9. The molecule has 0 radical (unpaired) electrons. The molecule has 2 unspecified atom stereocenters. The Labute approximate surface area is 112 Å². The first kappa shape index (κ1) is 14.0. The fourth-order valence-corrected chi connectivity index (χ4v) is 2.42. The summed E-state index contributed by atoms with van der Waals surface area (Å²) >= 11 is 0. The lowest BCUT2D eigenvalue weighted by molar-refractivity contribution is 0.0696. The molecule has 3 N–H and O–H groups in total. The van der Waals surface area contributed by atoms with Gasteiger partial charge in [0.05, 0.1) is 17.4 Å². The maximum absolute atomic E-state index is 10.7. The van der Waals surface area contributed by atoms with Crippen molar-refractivity contribution in [1.29, 1.82) is 0 Å². The van der Waals surface area contributed by atoms with E-state index in [4.69, 9.17) is 5.11 Å². The van der Waals surface area contributed by atoms with Crippen LogP contribution in [0.1, 0.15) is 48.2 Å². The first-order valence-electron chi connectivity index (χ1n) is 6.76.